The largest absolute Gasteiger partial charge is 0.394 e. The molecule has 0 saturated heterocycles. The smallest absolute Gasteiger partial charge is 0.200 e. The maximum absolute atomic E-state index is 13.4. The first-order chi connectivity index (χ1) is 8.42. The first-order valence-electron chi connectivity index (χ1n) is 5.32. The zero-order valence-corrected chi connectivity index (χ0v) is 9.17. The van der Waals surface area contributed by atoms with Gasteiger partial charge in [0, 0.05) is 0 Å². The molecule has 1 saturated carbocycles. The summed E-state index contributed by atoms with van der Waals surface area (Å²) in [5, 5.41) is 11.3. The van der Waals surface area contributed by atoms with E-state index in [0.717, 1.165) is 0 Å². The van der Waals surface area contributed by atoms with Crippen LogP contribution in [0.25, 0.3) is 0 Å². The summed E-state index contributed by atoms with van der Waals surface area (Å²) in [4.78, 5) is 0. The summed E-state index contributed by atoms with van der Waals surface area (Å²) in [5.74, 6) is -10.0. The van der Waals surface area contributed by atoms with Gasteiger partial charge in [-0.1, -0.05) is 0 Å². The Bertz CT molecular complexity index is 452. The molecule has 2 N–H and O–H groups in total. The molecule has 1 fully saturated rings. The fourth-order valence-electron chi connectivity index (χ4n) is 1.91. The monoisotopic (exact) mass is 267 g/mol. The SMILES string of the molecule is OCC1(Nc2c(F)c(F)c(F)c(F)c2F)CCC1. The summed E-state index contributed by atoms with van der Waals surface area (Å²) in [5.41, 5.74) is -2.08. The van der Waals surface area contributed by atoms with E-state index in [1.807, 2.05) is 0 Å². The van der Waals surface area contributed by atoms with Crippen LogP contribution in [-0.4, -0.2) is 17.3 Å². The molecule has 1 aliphatic carbocycles. The number of aliphatic hydroxyl groups excluding tert-OH is 1. The van der Waals surface area contributed by atoms with Crippen LogP contribution in [-0.2, 0) is 0 Å². The van der Waals surface area contributed by atoms with E-state index in [1.165, 1.54) is 0 Å². The zero-order valence-electron chi connectivity index (χ0n) is 9.17. The van der Waals surface area contributed by atoms with Gasteiger partial charge in [-0.2, -0.15) is 0 Å². The average Bonchev–Trinajstić information content (AvgIpc) is 2.32. The summed E-state index contributed by atoms with van der Waals surface area (Å²) in [6.45, 7) is -0.438. The Kier molecular flexibility index (Phi) is 3.18. The van der Waals surface area contributed by atoms with E-state index in [2.05, 4.69) is 5.32 Å². The van der Waals surface area contributed by atoms with Crippen LogP contribution in [0.15, 0.2) is 0 Å². The highest BCUT2D eigenvalue weighted by Crippen LogP contribution is 2.37. The molecular formula is C11H10F5NO. The highest BCUT2D eigenvalue weighted by Gasteiger charge is 2.39. The van der Waals surface area contributed by atoms with Crippen molar-refractivity contribution >= 4 is 5.69 Å². The first-order valence-corrected chi connectivity index (χ1v) is 5.32. The van der Waals surface area contributed by atoms with Crippen LogP contribution in [0.3, 0.4) is 0 Å². The molecule has 1 aromatic rings. The van der Waals surface area contributed by atoms with Crippen molar-refractivity contribution < 1.29 is 27.1 Å². The standard InChI is InChI=1S/C11H10F5NO/c12-5-6(13)8(15)10(9(16)7(5)14)17-11(4-18)2-1-3-11/h17-18H,1-4H2. The molecule has 0 spiro atoms. The Hall–Kier alpha value is -1.37. The summed E-state index contributed by atoms with van der Waals surface area (Å²) in [7, 11) is 0. The lowest BCUT2D eigenvalue weighted by molar-refractivity contribution is 0.143. The maximum Gasteiger partial charge on any atom is 0.200 e. The minimum Gasteiger partial charge on any atom is -0.394 e. The molecule has 2 nitrogen and oxygen atoms in total. The normalized spacial score (nSPS) is 17.4. The lowest BCUT2D eigenvalue weighted by atomic mass is 9.77. The number of halogens is 5. The molecule has 0 heterocycles. The number of anilines is 1. The summed E-state index contributed by atoms with van der Waals surface area (Å²) >= 11 is 0. The second kappa shape index (κ2) is 4.38. The third-order valence-electron chi connectivity index (χ3n) is 3.21. The number of benzene rings is 1. The predicted molar refractivity (Wildman–Crippen MR) is 53.5 cm³/mol. The Morgan fingerprint density at radius 1 is 0.889 bits per heavy atom. The Labute approximate surface area is 99.4 Å². The van der Waals surface area contributed by atoms with Crippen LogP contribution in [0, 0.1) is 29.1 Å². The van der Waals surface area contributed by atoms with Crippen LogP contribution in [0.2, 0.25) is 0 Å². The highest BCUT2D eigenvalue weighted by molar-refractivity contribution is 5.50. The van der Waals surface area contributed by atoms with Gasteiger partial charge in [0.25, 0.3) is 0 Å². The molecule has 0 bridgehead atoms. The van der Waals surface area contributed by atoms with E-state index in [-0.39, 0.29) is 0 Å². The number of hydrogen-bond donors (Lipinski definition) is 2. The molecule has 0 aromatic heterocycles. The van der Waals surface area contributed by atoms with Gasteiger partial charge in [-0.3, -0.25) is 0 Å². The van der Waals surface area contributed by atoms with Gasteiger partial charge in [0.1, 0.15) is 5.69 Å². The van der Waals surface area contributed by atoms with Crippen molar-refractivity contribution in [2.45, 2.75) is 24.8 Å². The molecule has 0 unspecified atom stereocenters. The third kappa shape index (κ3) is 1.82. The van der Waals surface area contributed by atoms with E-state index in [9.17, 15) is 22.0 Å². The van der Waals surface area contributed by atoms with Gasteiger partial charge in [-0.15, -0.1) is 0 Å². The summed E-state index contributed by atoms with van der Waals surface area (Å²) < 4.78 is 65.4. The van der Waals surface area contributed by atoms with Crippen molar-refractivity contribution in [3.05, 3.63) is 29.1 Å². The van der Waals surface area contributed by atoms with Gasteiger partial charge in [0.2, 0.25) is 5.82 Å². The molecule has 0 aliphatic heterocycles. The quantitative estimate of drug-likeness (QED) is 0.501. The summed E-state index contributed by atoms with van der Waals surface area (Å²) in [6.07, 6.45) is 1.52. The van der Waals surface area contributed by atoms with E-state index in [4.69, 9.17) is 5.11 Å². The summed E-state index contributed by atoms with van der Waals surface area (Å²) in [6, 6.07) is 0. The molecule has 0 amide bonds. The van der Waals surface area contributed by atoms with Crippen molar-refractivity contribution in [3.8, 4) is 0 Å². The number of rotatable bonds is 3. The van der Waals surface area contributed by atoms with Gasteiger partial charge in [0.15, 0.2) is 23.3 Å². The lowest BCUT2D eigenvalue weighted by Gasteiger charge is -2.41. The molecule has 7 heteroatoms. The van der Waals surface area contributed by atoms with Gasteiger partial charge >= 0.3 is 0 Å². The van der Waals surface area contributed by atoms with Gasteiger partial charge in [0.05, 0.1) is 12.1 Å². The Morgan fingerprint density at radius 2 is 1.33 bits per heavy atom. The van der Waals surface area contributed by atoms with Crippen molar-refractivity contribution in [2.24, 2.45) is 0 Å². The van der Waals surface area contributed by atoms with E-state index in [0.29, 0.717) is 19.3 Å². The van der Waals surface area contributed by atoms with Gasteiger partial charge < -0.3 is 10.4 Å². The fourth-order valence-corrected chi connectivity index (χ4v) is 1.91. The van der Waals surface area contributed by atoms with Gasteiger partial charge in [-0.25, -0.2) is 22.0 Å². The average molecular weight is 267 g/mol. The molecule has 100 valence electrons. The molecule has 2 rings (SSSR count). The predicted octanol–water partition coefficient (Wildman–Crippen LogP) is 2.71. The van der Waals surface area contributed by atoms with Crippen molar-refractivity contribution in [3.63, 3.8) is 0 Å². The minimum absolute atomic E-state index is 0.406. The van der Waals surface area contributed by atoms with Crippen LogP contribution in [0.5, 0.6) is 0 Å². The van der Waals surface area contributed by atoms with Crippen LogP contribution in [0.1, 0.15) is 19.3 Å². The van der Waals surface area contributed by atoms with Crippen LogP contribution >= 0.6 is 0 Å². The molecular weight excluding hydrogens is 257 g/mol. The topological polar surface area (TPSA) is 32.3 Å². The highest BCUT2D eigenvalue weighted by atomic mass is 19.2. The maximum atomic E-state index is 13.4. The van der Waals surface area contributed by atoms with E-state index < -0.39 is 46.9 Å². The Balaban J connectivity index is 2.45. The number of hydrogen-bond acceptors (Lipinski definition) is 2. The van der Waals surface area contributed by atoms with E-state index in [1.54, 1.807) is 0 Å². The Morgan fingerprint density at radius 3 is 1.67 bits per heavy atom. The molecule has 1 aliphatic rings. The molecule has 18 heavy (non-hydrogen) atoms. The zero-order chi connectivity index (χ0) is 13.5. The third-order valence-corrected chi connectivity index (χ3v) is 3.21. The van der Waals surface area contributed by atoms with Crippen molar-refractivity contribution in [1.82, 2.24) is 0 Å². The first kappa shape index (κ1) is 13.1. The minimum atomic E-state index is -2.19. The second-order valence-corrected chi connectivity index (χ2v) is 4.36. The fraction of sp³-hybridized carbons (Fsp3) is 0.455. The molecule has 0 atom stereocenters. The van der Waals surface area contributed by atoms with Crippen molar-refractivity contribution in [1.29, 1.82) is 0 Å². The molecule has 1 aromatic carbocycles. The van der Waals surface area contributed by atoms with Crippen LogP contribution < -0.4 is 5.32 Å². The van der Waals surface area contributed by atoms with Crippen LogP contribution in [0.4, 0.5) is 27.6 Å². The molecule has 0 radical (unpaired) electrons. The number of aliphatic hydroxyl groups is 1. The lowest BCUT2D eigenvalue weighted by Crippen LogP contribution is -2.48. The van der Waals surface area contributed by atoms with E-state index >= 15 is 0 Å². The van der Waals surface area contributed by atoms with Crippen molar-refractivity contribution in [2.75, 3.05) is 11.9 Å². The second-order valence-electron chi connectivity index (χ2n) is 4.36. The number of nitrogens with one attached hydrogen (secondary N) is 1. The van der Waals surface area contributed by atoms with Gasteiger partial charge in [-0.05, 0) is 19.3 Å².